The van der Waals surface area contributed by atoms with Gasteiger partial charge in [-0.05, 0) is 190 Å². The van der Waals surface area contributed by atoms with E-state index in [1.54, 1.807) is 0 Å². The molecular formula is C44H76O. The molecule has 0 saturated heterocycles. The first-order valence-electron chi connectivity index (χ1n) is 20.6. The monoisotopic (exact) mass is 621 g/mol. The summed E-state index contributed by atoms with van der Waals surface area (Å²) >= 11 is 0. The molecule has 0 amide bonds. The average molecular weight is 621 g/mol. The van der Waals surface area contributed by atoms with E-state index in [2.05, 4.69) is 61.5 Å². The number of allylic oxidation sites excluding steroid dienone is 2. The summed E-state index contributed by atoms with van der Waals surface area (Å²) < 4.78 is 0. The molecule has 14 unspecified atom stereocenters. The van der Waals surface area contributed by atoms with Crippen LogP contribution in [0.15, 0.2) is 11.6 Å². The van der Waals surface area contributed by atoms with Gasteiger partial charge in [0.25, 0.3) is 0 Å². The Hall–Kier alpha value is -0.300. The van der Waals surface area contributed by atoms with Crippen molar-refractivity contribution in [3.8, 4) is 0 Å². The highest BCUT2D eigenvalue weighted by molar-refractivity contribution is 5.25. The molecule has 0 aliphatic heterocycles. The number of hydrogen-bond acceptors (Lipinski definition) is 1. The molecular weight excluding hydrogens is 544 g/mol. The smallest absolute Gasteiger partial charge is 0.0543 e. The van der Waals surface area contributed by atoms with Crippen LogP contribution in [0.3, 0.4) is 0 Å². The van der Waals surface area contributed by atoms with E-state index in [9.17, 15) is 5.11 Å². The van der Waals surface area contributed by atoms with Gasteiger partial charge in [0.15, 0.2) is 0 Å². The molecule has 1 nitrogen and oxygen atoms in total. The Morgan fingerprint density at radius 3 is 2.16 bits per heavy atom. The molecule has 0 aromatic carbocycles. The van der Waals surface area contributed by atoms with Crippen LogP contribution in [-0.4, -0.2) is 11.2 Å². The lowest BCUT2D eigenvalue weighted by molar-refractivity contribution is -0.0790. The van der Waals surface area contributed by atoms with Crippen LogP contribution in [0.25, 0.3) is 0 Å². The third-order valence-corrected chi connectivity index (χ3v) is 16.5. The van der Waals surface area contributed by atoms with Gasteiger partial charge in [0.2, 0.25) is 0 Å². The quantitative estimate of drug-likeness (QED) is 0.211. The van der Waals surface area contributed by atoms with E-state index in [-0.39, 0.29) is 6.10 Å². The SMILES string of the molecule is CC1CC(CC2CCC(O)CC2C)CC(CC2CCC3C(=CCC4C5CCC(CCCCC(C)(C)C)C5(C)CCC34C)C2C)C1. The lowest BCUT2D eigenvalue weighted by Gasteiger charge is -2.61. The molecule has 0 aromatic rings. The zero-order chi connectivity index (χ0) is 32.1. The maximum Gasteiger partial charge on any atom is 0.0543 e. The second kappa shape index (κ2) is 13.5. The van der Waals surface area contributed by atoms with Crippen molar-refractivity contribution >= 4 is 0 Å². The first-order valence-corrected chi connectivity index (χ1v) is 20.6. The third-order valence-electron chi connectivity index (χ3n) is 16.5. The standard InChI is InChI=1S/C44H76O/c1-29-23-32(27-34-12-15-37(45)25-30(34)2)26-33(24-29)28-35-13-17-39-38(31(35)3)16-19-41-40-18-14-36(11-9-10-20-42(4,5)6)43(40,7)21-22-44(39,41)8/h16,29-37,39-41,45H,9-15,17-28H2,1-8H3. The van der Waals surface area contributed by atoms with E-state index in [4.69, 9.17) is 0 Å². The van der Waals surface area contributed by atoms with Crippen LogP contribution >= 0.6 is 0 Å². The van der Waals surface area contributed by atoms with E-state index >= 15 is 0 Å². The maximum atomic E-state index is 10.2. The molecule has 1 N–H and O–H groups in total. The Labute approximate surface area is 281 Å². The van der Waals surface area contributed by atoms with Gasteiger partial charge in [-0.25, -0.2) is 0 Å². The van der Waals surface area contributed by atoms with Crippen molar-refractivity contribution < 1.29 is 5.11 Å². The van der Waals surface area contributed by atoms with Gasteiger partial charge in [0.1, 0.15) is 0 Å². The summed E-state index contributed by atoms with van der Waals surface area (Å²) in [6.07, 6.45) is 29.8. The zero-order valence-electron chi connectivity index (χ0n) is 31.4. The van der Waals surface area contributed by atoms with Crippen molar-refractivity contribution in [3.63, 3.8) is 0 Å². The number of aliphatic hydroxyl groups excluding tert-OH is 1. The lowest BCUT2D eigenvalue weighted by atomic mass is 9.44. The molecule has 1 heteroatoms. The minimum Gasteiger partial charge on any atom is -0.393 e. The number of hydrogen-bond donors (Lipinski definition) is 1. The first kappa shape index (κ1) is 34.6. The summed E-state index contributed by atoms with van der Waals surface area (Å²) in [6, 6.07) is 0. The summed E-state index contributed by atoms with van der Waals surface area (Å²) in [4.78, 5) is 0. The minimum atomic E-state index is -0.0286. The number of rotatable bonds is 8. The van der Waals surface area contributed by atoms with Crippen LogP contribution < -0.4 is 0 Å². The molecule has 0 aromatic heterocycles. The largest absolute Gasteiger partial charge is 0.393 e. The molecule has 6 aliphatic carbocycles. The summed E-state index contributed by atoms with van der Waals surface area (Å²) in [5.74, 6) is 9.89. The van der Waals surface area contributed by atoms with Crippen LogP contribution in [0.1, 0.15) is 177 Å². The molecule has 14 atom stereocenters. The van der Waals surface area contributed by atoms with E-state index in [0.29, 0.717) is 16.2 Å². The van der Waals surface area contributed by atoms with Crippen LogP contribution in [0, 0.1) is 81.3 Å². The van der Waals surface area contributed by atoms with E-state index in [1.807, 2.05) is 5.57 Å². The fourth-order valence-electron chi connectivity index (χ4n) is 13.9. The first-order chi connectivity index (χ1) is 21.3. The minimum absolute atomic E-state index is 0.0286. The number of fused-ring (bicyclic) bond motifs is 5. The summed E-state index contributed by atoms with van der Waals surface area (Å²) in [7, 11) is 0. The maximum absolute atomic E-state index is 10.2. The molecule has 0 heterocycles. The van der Waals surface area contributed by atoms with Crippen molar-refractivity contribution in [2.75, 3.05) is 0 Å². The van der Waals surface area contributed by atoms with E-state index in [1.165, 1.54) is 109 Å². The fourth-order valence-corrected chi connectivity index (χ4v) is 13.9. The van der Waals surface area contributed by atoms with Gasteiger partial charge in [-0.3, -0.25) is 0 Å². The highest BCUT2D eigenvalue weighted by atomic mass is 16.3. The van der Waals surface area contributed by atoms with Gasteiger partial charge >= 0.3 is 0 Å². The molecule has 0 spiro atoms. The van der Waals surface area contributed by atoms with Crippen molar-refractivity contribution in [2.24, 2.45) is 81.3 Å². The predicted molar refractivity (Wildman–Crippen MR) is 193 cm³/mol. The molecule has 5 fully saturated rings. The third kappa shape index (κ3) is 7.20. The Kier molecular flexibility index (Phi) is 10.4. The van der Waals surface area contributed by atoms with Crippen molar-refractivity contribution in [2.45, 2.75) is 183 Å². The average Bonchev–Trinajstić information content (AvgIpc) is 3.29. The van der Waals surface area contributed by atoms with E-state index in [0.717, 1.165) is 77.9 Å². The Morgan fingerprint density at radius 1 is 0.756 bits per heavy atom. The summed E-state index contributed by atoms with van der Waals surface area (Å²) in [5.41, 5.74) is 3.60. The van der Waals surface area contributed by atoms with E-state index < -0.39 is 0 Å². The zero-order valence-corrected chi connectivity index (χ0v) is 31.4. The van der Waals surface area contributed by atoms with Crippen LogP contribution in [-0.2, 0) is 0 Å². The number of aliphatic hydroxyl groups is 1. The highest BCUT2D eigenvalue weighted by Gasteiger charge is 2.60. The molecule has 258 valence electrons. The van der Waals surface area contributed by atoms with Crippen molar-refractivity contribution in [1.82, 2.24) is 0 Å². The summed E-state index contributed by atoms with van der Waals surface area (Å²) in [6.45, 7) is 20.5. The second-order valence-electron chi connectivity index (χ2n) is 20.6. The lowest BCUT2D eigenvalue weighted by Crippen LogP contribution is -2.52. The summed E-state index contributed by atoms with van der Waals surface area (Å²) in [5, 5.41) is 10.2. The Morgan fingerprint density at radius 2 is 1.44 bits per heavy atom. The highest BCUT2D eigenvalue weighted by Crippen LogP contribution is 2.69. The van der Waals surface area contributed by atoms with Crippen molar-refractivity contribution in [3.05, 3.63) is 11.6 Å². The fraction of sp³-hybridized carbons (Fsp3) is 0.955. The van der Waals surface area contributed by atoms with Gasteiger partial charge in [-0.15, -0.1) is 0 Å². The van der Waals surface area contributed by atoms with Crippen LogP contribution in [0.2, 0.25) is 0 Å². The normalized spacial score (nSPS) is 48.7. The molecule has 6 aliphatic rings. The van der Waals surface area contributed by atoms with Crippen molar-refractivity contribution in [1.29, 1.82) is 0 Å². The van der Waals surface area contributed by atoms with Crippen LogP contribution in [0.4, 0.5) is 0 Å². The predicted octanol–water partition coefficient (Wildman–Crippen LogP) is 12.7. The second-order valence-corrected chi connectivity index (χ2v) is 20.6. The molecule has 6 rings (SSSR count). The van der Waals surface area contributed by atoms with Gasteiger partial charge in [-0.2, -0.15) is 0 Å². The van der Waals surface area contributed by atoms with Crippen LogP contribution in [0.5, 0.6) is 0 Å². The molecule has 5 saturated carbocycles. The number of unbranched alkanes of at least 4 members (excludes halogenated alkanes) is 1. The Balaban J connectivity index is 1.06. The van der Waals surface area contributed by atoms with Gasteiger partial charge in [0.05, 0.1) is 6.10 Å². The molecule has 45 heavy (non-hydrogen) atoms. The van der Waals surface area contributed by atoms with Gasteiger partial charge in [0, 0.05) is 0 Å². The van der Waals surface area contributed by atoms with Gasteiger partial charge in [-0.1, -0.05) is 79.9 Å². The molecule has 0 bridgehead atoms. The Bertz CT molecular complexity index is 1020. The van der Waals surface area contributed by atoms with Gasteiger partial charge < -0.3 is 5.11 Å². The molecule has 0 radical (unpaired) electrons. The topological polar surface area (TPSA) is 20.2 Å².